The minimum Gasteiger partial charge on any atom is -0.392 e. The lowest BCUT2D eigenvalue weighted by Crippen LogP contribution is -2.37. The summed E-state index contributed by atoms with van der Waals surface area (Å²) in [4.78, 5) is 9.28. The van der Waals surface area contributed by atoms with Crippen molar-refractivity contribution in [3.8, 4) is 0 Å². The molecule has 1 aliphatic heterocycles. The Labute approximate surface area is 77.6 Å². The van der Waals surface area contributed by atoms with Crippen LogP contribution in [-0.2, 0) is 6.54 Å². The lowest BCUT2D eigenvalue weighted by Gasteiger charge is -2.29. The average Bonchev–Trinajstić information content (AvgIpc) is 2.57. The number of aliphatic hydroxyl groups excluding tert-OH is 1. The van der Waals surface area contributed by atoms with Crippen LogP contribution in [0.2, 0.25) is 0 Å². The minimum atomic E-state index is -0.142. The number of aromatic amines is 1. The van der Waals surface area contributed by atoms with Gasteiger partial charge in [-0.1, -0.05) is 0 Å². The van der Waals surface area contributed by atoms with E-state index in [9.17, 15) is 5.11 Å². The predicted molar refractivity (Wildman–Crippen MR) is 49.1 cm³/mol. The number of β-amino-alcohol motifs (C(OH)–C–C–N with tert-alkyl or cyclic N) is 1. The number of likely N-dealkylation sites (tertiary alicyclic amines) is 1. The number of nitrogens with one attached hydrogen (secondary N) is 1. The van der Waals surface area contributed by atoms with E-state index < -0.39 is 0 Å². The van der Waals surface area contributed by atoms with E-state index in [0.717, 1.165) is 38.2 Å². The smallest absolute Gasteiger partial charge is 0.0922 e. The van der Waals surface area contributed by atoms with Crippen molar-refractivity contribution >= 4 is 0 Å². The highest BCUT2D eigenvalue weighted by molar-refractivity contribution is 4.94. The Morgan fingerprint density at radius 1 is 1.69 bits per heavy atom. The third kappa shape index (κ3) is 2.29. The summed E-state index contributed by atoms with van der Waals surface area (Å²) < 4.78 is 0. The Morgan fingerprint density at radius 3 is 3.31 bits per heavy atom. The number of imidazole rings is 1. The molecule has 0 saturated carbocycles. The molecule has 0 spiro atoms. The van der Waals surface area contributed by atoms with Crippen LogP contribution in [0.1, 0.15) is 18.5 Å². The quantitative estimate of drug-likeness (QED) is 0.693. The maximum Gasteiger partial charge on any atom is 0.0922 e. The van der Waals surface area contributed by atoms with Crippen LogP contribution in [0, 0.1) is 0 Å². The van der Waals surface area contributed by atoms with E-state index in [0.29, 0.717) is 0 Å². The molecule has 1 unspecified atom stereocenters. The van der Waals surface area contributed by atoms with Gasteiger partial charge in [0.1, 0.15) is 0 Å². The maximum atomic E-state index is 9.44. The summed E-state index contributed by atoms with van der Waals surface area (Å²) in [5.74, 6) is 0. The molecule has 1 aromatic heterocycles. The molecule has 0 radical (unpaired) electrons. The number of H-pyrrole nitrogens is 1. The van der Waals surface area contributed by atoms with Gasteiger partial charge in [-0.15, -0.1) is 0 Å². The molecule has 13 heavy (non-hydrogen) atoms. The van der Waals surface area contributed by atoms with Crippen molar-refractivity contribution in [3.05, 3.63) is 18.2 Å². The average molecular weight is 181 g/mol. The Balaban J connectivity index is 1.87. The normalized spacial score (nSPS) is 24.8. The molecule has 1 saturated heterocycles. The Hall–Kier alpha value is -0.870. The molecule has 1 atom stereocenters. The number of nitrogens with zero attached hydrogens (tertiary/aromatic N) is 2. The summed E-state index contributed by atoms with van der Waals surface area (Å²) in [7, 11) is 0. The van der Waals surface area contributed by atoms with Crippen LogP contribution in [0.4, 0.5) is 0 Å². The lowest BCUT2D eigenvalue weighted by atomic mass is 10.1. The van der Waals surface area contributed by atoms with E-state index in [1.807, 2.05) is 6.20 Å². The third-order valence-electron chi connectivity index (χ3n) is 2.43. The number of hydrogen-bond donors (Lipinski definition) is 2. The van der Waals surface area contributed by atoms with Gasteiger partial charge in [-0.3, -0.25) is 4.90 Å². The van der Waals surface area contributed by atoms with Crippen LogP contribution >= 0.6 is 0 Å². The second-order valence-electron chi connectivity index (χ2n) is 3.61. The van der Waals surface area contributed by atoms with Gasteiger partial charge in [-0.05, 0) is 19.4 Å². The van der Waals surface area contributed by atoms with Crippen molar-refractivity contribution in [1.29, 1.82) is 0 Å². The highest BCUT2D eigenvalue weighted by Gasteiger charge is 2.17. The first-order valence-corrected chi connectivity index (χ1v) is 4.72. The van der Waals surface area contributed by atoms with E-state index >= 15 is 0 Å². The first-order valence-electron chi connectivity index (χ1n) is 4.72. The van der Waals surface area contributed by atoms with Crippen molar-refractivity contribution in [2.24, 2.45) is 0 Å². The van der Waals surface area contributed by atoms with Gasteiger partial charge in [0.25, 0.3) is 0 Å². The second kappa shape index (κ2) is 3.89. The van der Waals surface area contributed by atoms with Crippen LogP contribution in [0.3, 0.4) is 0 Å². The van der Waals surface area contributed by atoms with Crippen LogP contribution in [0.5, 0.6) is 0 Å². The molecular formula is C9H15N3O. The summed E-state index contributed by atoms with van der Waals surface area (Å²) in [6.07, 6.45) is 5.42. The highest BCUT2D eigenvalue weighted by atomic mass is 16.3. The first-order chi connectivity index (χ1) is 6.34. The molecule has 4 nitrogen and oxygen atoms in total. The molecule has 1 aromatic rings. The molecule has 2 heterocycles. The van der Waals surface area contributed by atoms with Gasteiger partial charge in [0.15, 0.2) is 0 Å². The molecule has 1 fully saturated rings. The summed E-state index contributed by atoms with van der Waals surface area (Å²) in [5.41, 5.74) is 1.12. The number of rotatable bonds is 2. The molecule has 2 N–H and O–H groups in total. The molecule has 1 aliphatic rings. The summed E-state index contributed by atoms with van der Waals surface area (Å²) in [5, 5.41) is 9.44. The topological polar surface area (TPSA) is 52.1 Å². The largest absolute Gasteiger partial charge is 0.392 e. The van der Waals surface area contributed by atoms with E-state index in [-0.39, 0.29) is 6.10 Å². The van der Waals surface area contributed by atoms with Crippen LogP contribution in [0.15, 0.2) is 12.5 Å². The molecule has 0 aliphatic carbocycles. The zero-order valence-electron chi connectivity index (χ0n) is 7.61. The summed E-state index contributed by atoms with van der Waals surface area (Å²) in [6, 6.07) is 0. The standard InChI is InChI=1S/C9H15N3O/c13-9-2-1-3-12(6-9)5-8-4-10-7-11-8/h4,7,9,13H,1-3,5-6H2,(H,10,11). The number of piperidine rings is 1. The van der Waals surface area contributed by atoms with Crippen LogP contribution in [0.25, 0.3) is 0 Å². The van der Waals surface area contributed by atoms with Crippen molar-refractivity contribution < 1.29 is 5.11 Å². The van der Waals surface area contributed by atoms with Gasteiger partial charge in [0.2, 0.25) is 0 Å². The zero-order valence-corrected chi connectivity index (χ0v) is 7.61. The SMILES string of the molecule is OC1CCCN(Cc2cnc[nH]2)C1. The second-order valence-corrected chi connectivity index (χ2v) is 3.61. The fourth-order valence-electron chi connectivity index (χ4n) is 1.79. The lowest BCUT2D eigenvalue weighted by molar-refractivity contribution is 0.0663. The molecule has 4 heteroatoms. The van der Waals surface area contributed by atoms with Gasteiger partial charge in [0, 0.05) is 25.0 Å². The molecule has 72 valence electrons. The van der Waals surface area contributed by atoms with Gasteiger partial charge in [0.05, 0.1) is 12.4 Å². The van der Waals surface area contributed by atoms with Gasteiger partial charge in [-0.2, -0.15) is 0 Å². The van der Waals surface area contributed by atoms with Crippen molar-refractivity contribution in [2.75, 3.05) is 13.1 Å². The van der Waals surface area contributed by atoms with Crippen LogP contribution < -0.4 is 0 Å². The first kappa shape index (κ1) is 8.72. The Morgan fingerprint density at radius 2 is 2.62 bits per heavy atom. The maximum absolute atomic E-state index is 9.44. The number of hydrogen-bond acceptors (Lipinski definition) is 3. The van der Waals surface area contributed by atoms with E-state index in [1.165, 1.54) is 0 Å². The van der Waals surface area contributed by atoms with Gasteiger partial charge >= 0.3 is 0 Å². The molecule has 2 rings (SSSR count). The number of aromatic nitrogens is 2. The molecule has 0 bridgehead atoms. The fourth-order valence-corrected chi connectivity index (χ4v) is 1.79. The molecular weight excluding hydrogens is 166 g/mol. The zero-order chi connectivity index (χ0) is 9.10. The Kier molecular flexibility index (Phi) is 2.61. The number of aliphatic hydroxyl groups is 1. The summed E-state index contributed by atoms with van der Waals surface area (Å²) in [6.45, 7) is 2.74. The van der Waals surface area contributed by atoms with Crippen molar-refractivity contribution in [2.45, 2.75) is 25.5 Å². The monoisotopic (exact) mass is 181 g/mol. The highest BCUT2D eigenvalue weighted by Crippen LogP contribution is 2.11. The molecule has 0 aromatic carbocycles. The van der Waals surface area contributed by atoms with Gasteiger partial charge < -0.3 is 10.1 Å². The van der Waals surface area contributed by atoms with E-state index in [4.69, 9.17) is 0 Å². The fraction of sp³-hybridized carbons (Fsp3) is 0.667. The van der Waals surface area contributed by atoms with Gasteiger partial charge in [-0.25, -0.2) is 4.98 Å². The van der Waals surface area contributed by atoms with Crippen molar-refractivity contribution in [3.63, 3.8) is 0 Å². The summed E-state index contributed by atoms with van der Waals surface area (Å²) >= 11 is 0. The predicted octanol–water partition coefficient (Wildman–Crippen LogP) is 0.366. The minimum absolute atomic E-state index is 0.142. The molecule has 0 amide bonds. The Bertz CT molecular complexity index is 247. The van der Waals surface area contributed by atoms with E-state index in [2.05, 4.69) is 14.9 Å². The van der Waals surface area contributed by atoms with Crippen molar-refractivity contribution in [1.82, 2.24) is 14.9 Å². The van der Waals surface area contributed by atoms with Crippen LogP contribution in [-0.4, -0.2) is 39.2 Å². The van der Waals surface area contributed by atoms with E-state index in [1.54, 1.807) is 6.33 Å². The third-order valence-corrected chi connectivity index (χ3v) is 2.43.